The van der Waals surface area contributed by atoms with Crippen LogP contribution in [0.15, 0.2) is 53.4 Å². The minimum atomic E-state index is -4.01. The van der Waals surface area contributed by atoms with Crippen molar-refractivity contribution in [2.45, 2.75) is 37.6 Å². The first-order valence-electron chi connectivity index (χ1n) is 9.00. The molecule has 2 aromatic rings. The van der Waals surface area contributed by atoms with Gasteiger partial charge in [-0.3, -0.25) is 9.10 Å². The van der Waals surface area contributed by atoms with Gasteiger partial charge in [0.2, 0.25) is 5.91 Å². The number of hydrogen-bond acceptors (Lipinski definition) is 4. The minimum absolute atomic E-state index is 0.0555. The first kappa shape index (κ1) is 22.0. The van der Waals surface area contributed by atoms with Crippen LogP contribution in [0.1, 0.15) is 26.7 Å². The summed E-state index contributed by atoms with van der Waals surface area (Å²) >= 11 is 6.10. The normalized spacial score (nSPS) is 12.3. The number of carbonyl (C=O) groups is 1. The number of hydrogen-bond donors (Lipinski definition) is 1. The Labute approximate surface area is 171 Å². The molecule has 1 amide bonds. The van der Waals surface area contributed by atoms with E-state index in [1.165, 1.54) is 25.3 Å². The van der Waals surface area contributed by atoms with Gasteiger partial charge in [0, 0.05) is 11.1 Å². The number of benzene rings is 2. The van der Waals surface area contributed by atoms with E-state index in [0.29, 0.717) is 10.8 Å². The molecule has 28 heavy (non-hydrogen) atoms. The maximum Gasteiger partial charge on any atom is 0.264 e. The van der Waals surface area contributed by atoms with Gasteiger partial charge in [-0.1, -0.05) is 43.1 Å². The number of rotatable bonds is 9. The zero-order valence-electron chi connectivity index (χ0n) is 16.2. The number of halogens is 1. The minimum Gasteiger partial charge on any atom is -0.495 e. The van der Waals surface area contributed by atoms with Crippen molar-refractivity contribution in [1.82, 2.24) is 5.32 Å². The van der Waals surface area contributed by atoms with Gasteiger partial charge in [0.15, 0.2) is 0 Å². The van der Waals surface area contributed by atoms with Gasteiger partial charge in [-0.25, -0.2) is 8.42 Å². The maximum atomic E-state index is 13.3. The maximum absolute atomic E-state index is 13.3. The Bertz CT molecular complexity index is 904. The Balaban J connectivity index is 2.48. The Morgan fingerprint density at radius 3 is 2.50 bits per heavy atom. The molecule has 0 unspecified atom stereocenters. The molecule has 0 spiro atoms. The van der Waals surface area contributed by atoms with Crippen LogP contribution >= 0.6 is 11.6 Å². The fourth-order valence-corrected chi connectivity index (χ4v) is 4.44. The van der Waals surface area contributed by atoms with E-state index in [0.717, 1.165) is 17.1 Å². The van der Waals surface area contributed by atoms with E-state index in [1.54, 1.807) is 30.3 Å². The summed E-state index contributed by atoms with van der Waals surface area (Å²) < 4.78 is 33.0. The number of anilines is 1. The standard InChI is InChI=1S/C20H25ClN2O4S/c1-4-8-15(2)22-20(24)14-23(18-13-16(21)11-12-19(18)27-3)28(25,26)17-9-6-5-7-10-17/h5-7,9-13,15H,4,8,14H2,1-3H3,(H,22,24)/t15-/m0/s1. The molecular formula is C20H25ClN2O4S. The lowest BCUT2D eigenvalue weighted by Crippen LogP contribution is -2.43. The van der Waals surface area contributed by atoms with Gasteiger partial charge in [0.25, 0.3) is 10.0 Å². The lowest BCUT2D eigenvalue weighted by molar-refractivity contribution is -0.120. The first-order valence-corrected chi connectivity index (χ1v) is 10.8. The van der Waals surface area contributed by atoms with E-state index >= 15 is 0 Å². The summed E-state index contributed by atoms with van der Waals surface area (Å²) in [6.45, 7) is 3.52. The Morgan fingerprint density at radius 1 is 1.21 bits per heavy atom. The summed E-state index contributed by atoms with van der Waals surface area (Å²) in [5.41, 5.74) is 0.206. The number of nitrogens with zero attached hydrogens (tertiary/aromatic N) is 1. The van der Waals surface area contributed by atoms with E-state index in [2.05, 4.69) is 5.32 Å². The Kier molecular flexibility index (Phi) is 7.71. The van der Waals surface area contributed by atoms with Gasteiger partial charge in [-0.05, 0) is 43.7 Å². The second kappa shape index (κ2) is 9.80. The zero-order valence-corrected chi connectivity index (χ0v) is 17.8. The molecule has 0 aliphatic heterocycles. The van der Waals surface area contributed by atoms with Crippen molar-refractivity contribution >= 4 is 33.2 Å². The molecule has 152 valence electrons. The van der Waals surface area contributed by atoms with Crippen LogP contribution in [0.3, 0.4) is 0 Å². The van der Waals surface area contributed by atoms with Gasteiger partial charge in [-0.15, -0.1) is 0 Å². The lowest BCUT2D eigenvalue weighted by atomic mass is 10.2. The average Bonchev–Trinajstić information content (AvgIpc) is 2.66. The fourth-order valence-electron chi connectivity index (χ4n) is 2.83. The van der Waals surface area contributed by atoms with E-state index in [1.807, 2.05) is 13.8 Å². The molecule has 1 N–H and O–H groups in total. The van der Waals surface area contributed by atoms with Crippen molar-refractivity contribution in [3.8, 4) is 5.75 Å². The molecule has 8 heteroatoms. The molecule has 0 aromatic heterocycles. The lowest BCUT2D eigenvalue weighted by Gasteiger charge is -2.26. The van der Waals surface area contributed by atoms with E-state index in [-0.39, 0.29) is 23.2 Å². The van der Waals surface area contributed by atoms with E-state index in [9.17, 15) is 13.2 Å². The molecule has 2 rings (SSSR count). The summed E-state index contributed by atoms with van der Waals surface area (Å²) in [5.74, 6) is -0.0965. The number of nitrogens with one attached hydrogen (secondary N) is 1. The predicted octanol–water partition coefficient (Wildman–Crippen LogP) is 3.85. The summed E-state index contributed by atoms with van der Waals surface area (Å²) in [6.07, 6.45) is 1.72. The number of sulfonamides is 1. The largest absolute Gasteiger partial charge is 0.495 e. The van der Waals surface area contributed by atoms with Crippen molar-refractivity contribution in [3.05, 3.63) is 53.6 Å². The molecule has 0 radical (unpaired) electrons. The van der Waals surface area contributed by atoms with Gasteiger partial charge >= 0.3 is 0 Å². The van der Waals surface area contributed by atoms with Crippen molar-refractivity contribution in [2.75, 3.05) is 18.0 Å². The van der Waals surface area contributed by atoms with Gasteiger partial charge in [0.1, 0.15) is 12.3 Å². The summed E-state index contributed by atoms with van der Waals surface area (Å²) in [4.78, 5) is 12.7. The smallest absolute Gasteiger partial charge is 0.264 e. The third-order valence-corrected chi connectivity index (χ3v) is 6.17. The quantitative estimate of drug-likeness (QED) is 0.663. The monoisotopic (exact) mass is 424 g/mol. The van der Waals surface area contributed by atoms with Crippen LogP contribution in [0.2, 0.25) is 5.02 Å². The molecule has 0 saturated heterocycles. The average molecular weight is 425 g/mol. The third kappa shape index (κ3) is 5.39. The van der Waals surface area contributed by atoms with Crippen LogP contribution in [0, 0.1) is 0 Å². The van der Waals surface area contributed by atoms with Crippen LogP contribution in [0.25, 0.3) is 0 Å². The van der Waals surface area contributed by atoms with Crippen molar-refractivity contribution in [1.29, 1.82) is 0 Å². The van der Waals surface area contributed by atoms with Crippen molar-refractivity contribution in [3.63, 3.8) is 0 Å². The molecule has 0 fully saturated rings. The van der Waals surface area contributed by atoms with Crippen LogP contribution in [-0.4, -0.2) is 34.0 Å². The highest BCUT2D eigenvalue weighted by Gasteiger charge is 2.29. The summed E-state index contributed by atoms with van der Waals surface area (Å²) in [7, 11) is -2.58. The number of carbonyl (C=O) groups excluding carboxylic acids is 1. The highest BCUT2D eigenvalue weighted by Crippen LogP contribution is 2.34. The molecule has 0 saturated carbocycles. The van der Waals surface area contributed by atoms with Crippen LogP contribution in [-0.2, 0) is 14.8 Å². The fraction of sp³-hybridized carbons (Fsp3) is 0.350. The van der Waals surface area contributed by atoms with Gasteiger partial charge in [0.05, 0.1) is 17.7 Å². The van der Waals surface area contributed by atoms with Gasteiger partial charge in [-0.2, -0.15) is 0 Å². The highest BCUT2D eigenvalue weighted by molar-refractivity contribution is 7.92. The molecule has 0 heterocycles. The number of methoxy groups -OCH3 is 1. The van der Waals surface area contributed by atoms with E-state index < -0.39 is 15.9 Å². The van der Waals surface area contributed by atoms with Crippen LogP contribution in [0.5, 0.6) is 5.75 Å². The highest BCUT2D eigenvalue weighted by atomic mass is 35.5. The van der Waals surface area contributed by atoms with Crippen molar-refractivity contribution < 1.29 is 17.9 Å². The molecule has 2 aromatic carbocycles. The number of amides is 1. The molecular weight excluding hydrogens is 400 g/mol. The molecule has 1 atom stereocenters. The Hall–Kier alpha value is -2.25. The number of ether oxygens (including phenoxy) is 1. The van der Waals surface area contributed by atoms with E-state index in [4.69, 9.17) is 16.3 Å². The second-order valence-electron chi connectivity index (χ2n) is 6.40. The molecule has 6 nitrogen and oxygen atoms in total. The van der Waals surface area contributed by atoms with Crippen LogP contribution in [0.4, 0.5) is 5.69 Å². The second-order valence-corrected chi connectivity index (χ2v) is 8.70. The van der Waals surface area contributed by atoms with Gasteiger partial charge < -0.3 is 10.1 Å². The first-order chi connectivity index (χ1) is 13.3. The molecule has 0 aliphatic rings. The molecule has 0 bridgehead atoms. The topological polar surface area (TPSA) is 75.7 Å². The zero-order chi connectivity index (χ0) is 20.7. The Morgan fingerprint density at radius 2 is 1.89 bits per heavy atom. The SMILES string of the molecule is CCC[C@H](C)NC(=O)CN(c1cc(Cl)ccc1OC)S(=O)(=O)c1ccccc1. The van der Waals surface area contributed by atoms with Crippen LogP contribution < -0.4 is 14.4 Å². The summed E-state index contributed by atoms with van der Waals surface area (Å²) in [5, 5.41) is 3.17. The third-order valence-electron chi connectivity index (χ3n) is 4.16. The molecule has 0 aliphatic carbocycles. The van der Waals surface area contributed by atoms with Crippen molar-refractivity contribution in [2.24, 2.45) is 0 Å². The predicted molar refractivity (Wildman–Crippen MR) is 111 cm³/mol. The summed E-state index contributed by atoms with van der Waals surface area (Å²) in [6, 6.07) is 12.5.